The molecule has 0 fully saturated rings. The Morgan fingerprint density at radius 3 is 0.663 bits per heavy atom. The fourth-order valence-corrected chi connectivity index (χ4v) is 11.1. The molecular weight excluding hydrogens is 1110 g/mol. The average molecular weight is 1190 g/mol. The maximum atomic E-state index is 14.3. The number of rotatable bonds is 20. The second-order valence-corrected chi connectivity index (χ2v) is 21.4. The van der Waals surface area contributed by atoms with Crippen LogP contribution in [0.4, 0.5) is 0 Å². The van der Waals surface area contributed by atoms with E-state index in [0.29, 0.717) is 45.6 Å². The minimum Gasteiger partial charge on any atom is -0.465 e. The first-order chi connectivity index (χ1) is 41.2. The molecule has 0 saturated carbocycles. The van der Waals surface area contributed by atoms with Gasteiger partial charge in [0.25, 0.3) is 0 Å². The molecule has 12 bridgehead atoms. The molecular formula is C64H78N6O16. The van der Waals surface area contributed by atoms with Gasteiger partial charge in [0.05, 0.1) is 99.3 Å². The molecule has 7 heterocycles. The number of H-pyrrole nitrogens is 4. The van der Waals surface area contributed by atoms with Gasteiger partial charge in [-0.25, -0.2) is 0 Å². The highest BCUT2D eigenvalue weighted by molar-refractivity contribution is 5.99. The fraction of sp³-hybridized carbons (Fsp3) is 0.469. The summed E-state index contributed by atoms with van der Waals surface area (Å²) in [5.74, 6) is -18.8. The number of fused-ring (bicyclic) bond motifs is 12. The molecule has 7 rings (SSSR count). The highest BCUT2D eigenvalue weighted by Gasteiger charge is 2.48. The fourth-order valence-electron chi connectivity index (χ4n) is 11.1. The van der Waals surface area contributed by atoms with Gasteiger partial charge in [-0.1, -0.05) is 12.1 Å². The summed E-state index contributed by atoms with van der Waals surface area (Å²) < 4.78 is 44.7. The third kappa shape index (κ3) is 13.5. The lowest BCUT2D eigenvalue weighted by Crippen LogP contribution is -2.36. The van der Waals surface area contributed by atoms with Crippen molar-refractivity contribution in [1.82, 2.24) is 29.9 Å². The van der Waals surface area contributed by atoms with Crippen molar-refractivity contribution >= 4 is 47.8 Å². The molecule has 0 aliphatic carbocycles. The van der Waals surface area contributed by atoms with E-state index in [1.165, 1.54) is 0 Å². The van der Waals surface area contributed by atoms with E-state index in [1.54, 1.807) is 140 Å². The Balaban J connectivity index is 1.60. The van der Waals surface area contributed by atoms with Gasteiger partial charge >= 0.3 is 47.8 Å². The Hall–Kier alpha value is -8.82. The van der Waals surface area contributed by atoms with Crippen LogP contribution in [0.3, 0.4) is 0 Å². The molecule has 86 heavy (non-hydrogen) atoms. The van der Waals surface area contributed by atoms with Gasteiger partial charge in [-0.05, 0) is 156 Å². The van der Waals surface area contributed by atoms with Crippen LogP contribution in [0.5, 0.6) is 0 Å². The number of nitrogens with zero attached hydrogens (tertiary/aromatic N) is 2. The minimum atomic E-state index is -1.65. The Bertz CT molecular complexity index is 2890. The van der Waals surface area contributed by atoms with Crippen LogP contribution in [0.25, 0.3) is 0 Å². The van der Waals surface area contributed by atoms with Gasteiger partial charge in [0, 0.05) is 56.4 Å². The Kier molecular flexibility index (Phi) is 21.4. The quantitative estimate of drug-likeness (QED) is 0.0318. The van der Waals surface area contributed by atoms with Crippen LogP contribution < -0.4 is 0 Å². The van der Waals surface area contributed by atoms with Crippen molar-refractivity contribution in [2.45, 2.75) is 118 Å². The third-order valence-electron chi connectivity index (χ3n) is 15.4. The SMILES string of the molecule is CCOC(=O)C(C(=O)OCC)[C@@H]1c2cccc(n2)[C@@H](C(C(=O)OCC)C(=O)OCC)c2ccc([nH]2)C(C)(C)c2ccc([nH]2)[C@@H](C(C(=O)OCC)C(=O)OCC)c2cccc(n2)[C@H](C(C(=O)OCC)C(=O)OCC)c2ccc([nH]2)C(C)(C)c2ccc1[nH]2. The maximum Gasteiger partial charge on any atom is 0.321 e. The molecule has 0 amide bonds. The number of hydrogen-bond acceptors (Lipinski definition) is 18. The number of ether oxygens (including phenoxy) is 8. The number of aromatic amines is 4. The van der Waals surface area contributed by atoms with Crippen LogP contribution >= 0.6 is 0 Å². The summed E-state index contributed by atoms with van der Waals surface area (Å²) in [5, 5.41) is 0. The standard InChI is InChI=1S/C64H78N6O16/c1-13-79-55(71)51(56(72)80-14-2)47-35-23-21-24-36(65-35)48(52(57(73)81-15-3)58(74)82-16-4)40-28-33-45(68-40)64(11,12)46-34-30-42(70-46)50(54(61(77)85-19-7)62(78)86-20-8)38-26-22-25-37(66-38)49(53(59(75)83-17-5)60(76)84-18-6)41-29-32-44(69-41)63(9,10)43-31-27-39(47)67-43/h21-34,47-54,67-70H,13-20H2,1-12H3/t47-,48-,49+,50+. The van der Waals surface area contributed by atoms with Crippen molar-refractivity contribution < 1.29 is 76.3 Å². The Labute approximate surface area is 499 Å². The highest BCUT2D eigenvalue weighted by Crippen LogP contribution is 2.43. The second-order valence-electron chi connectivity index (χ2n) is 21.4. The molecule has 6 aromatic heterocycles. The number of nitrogens with one attached hydrogen (secondary N) is 4. The maximum absolute atomic E-state index is 14.3. The molecule has 0 aromatic carbocycles. The normalized spacial score (nSPS) is 17.0. The van der Waals surface area contributed by atoms with Gasteiger partial charge < -0.3 is 57.8 Å². The molecule has 4 N–H and O–H groups in total. The zero-order chi connectivity index (χ0) is 62.6. The summed E-state index contributed by atoms with van der Waals surface area (Å²) >= 11 is 0. The largest absolute Gasteiger partial charge is 0.465 e. The smallest absolute Gasteiger partial charge is 0.321 e. The van der Waals surface area contributed by atoms with E-state index in [0.717, 1.165) is 0 Å². The molecule has 1 aliphatic rings. The van der Waals surface area contributed by atoms with E-state index in [4.69, 9.17) is 47.9 Å². The van der Waals surface area contributed by atoms with Crippen LogP contribution in [-0.4, -0.2) is 131 Å². The van der Waals surface area contributed by atoms with Crippen LogP contribution in [0.1, 0.15) is 175 Å². The van der Waals surface area contributed by atoms with E-state index in [-0.39, 0.29) is 75.6 Å². The van der Waals surface area contributed by atoms with Gasteiger partial charge in [0.15, 0.2) is 23.7 Å². The molecule has 22 heteroatoms. The Morgan fingerprint density at radius 2 is 0.500 bits per heavy atom. The van der Waals surface area contributed by atoms with Crippen molar-refractivity contribution in [3.05, 3.63) is 153 Å². The third-order valence-corrected chi connectivity index (χ3v) is 15.4. The first-order valence-electron chi connectivity index (χ1n) is 29.2. The van der Waals surface area contributed by atoms with E-state index < -0.39 is 106 Å². The molecule has 22 nitrogen and oxygen atoms in total. The van der Waals surface area contributed by atoms with Gasteiger partial charge in [0.2, 0.25) is 0 Å². The zero-order valence-corrected chi connectivity index (χ0v) is 50.8. The number of carbonyl (C=O) groups excluding carboxylic acids is 8. The van der Waals surface area contributed by atoms with Crippen molar-refractivity contribution in [3.8, 4) is 0 Å². The molecule has 0 saturated heterocycles. The lowest BCUT2D eigenvalue weighted by atomic mass is 9.83. The highest BCUT2D eigenvalue weighted by atomic mass is 16.6. The van der Waals surface area contributed by atoms with Crippen molar-refractivity contribution in [2.75, 3.05) is 52.9 Å². The van der Waals surface area contributed by atoms with Gasteiger partial charge in [-0.3, -0.25) is 48.3 Å². The summed E-state index contributed by atoms with van der Waals surface area (Å²) in [6, 6.07) is 23.7. The molecule has 0 unspecified atom stereocenters. The van der Waals surface area contributed by atoms with Gasteiger partial charge in [-0.15, -0.1) is 0 Å². The van der Waals surface area contributed by atoms with Gasteiger partial charge in [-0.2, -0.15) is 0 Å². The van der Waals surface area contributed by atoms with Crippen LogP contribution in [0, 0.1) is 23.7 Å². The lowest BCUT2D eigenvalue weighted by molar-refractivity contribution is -0.164. The molecule has 1 aliphatic heterocycles. The van der Waals surface area contributed by atoms with Crippen molar-refractivity contribution in [1.29, 1.82) is 0 Å². The number of carbonyl (C=O) groups is 8. The summed E-state index contributed by atoms with van der Waals surface area (Å²) in [4.78, 5) is 139. The summed E-state index contributed by atoms with van der Waals surface area (Å²) in [5.41, 5.74) is 2.07. The van der Waals surface area contributed by atoms with E-state index in [1.807, 2.05) is 27.7 Å². The summed E-state index contributed by atoms with van der Waals surface area (Å²) in [6.45, 7) is 19.8. The van der Waals surface area contributed by atoms with Crippen LogP contribution in [0.15, 0.2) is 84.9 Å². The number of pyridine rings is 2. The first-order valence-corrected chi connectivity index (χ1v) is 29.2. The molecule has 0 spiro atoms. The van der Waals surface area contributed by atoms with Crippen molar-refractivity contribution in [3.63, 3.8) is 0 Å². The topological polar surface area (TPSA) is 299 Å². The second kappa shape index (κ2) is 28.4. The molecule has 0 radical (unpaired) electrons. The molecule has 460 valence electrons. The molecule has 6 aromatic rings. The molecule has 4 atom stereocenters. The number of hydrogen-bond donors (Lipinski definition) is 4. The monoisotopic (exact) mass is 1190 g/mol. The predicted octanol–water partition coefficient (Wildman–Crippen LogP) is 8.25. The first kappa shape index (κ1) is 64.7. The Morgan fingerprint density at radius 1 is 0.326 bits per heavy atom. The van der Waals surface area contributed by atoms with E-state index in [2.05, 4.69) is 19.9 Å². The summed E-state index contributed by atoms with van der Waals surface area (Å²) in [7, 11) is 0. The lowest BCUT2D eigenvalue weighted by Gasteiger charge is -2.28. The number of aromatic nitrogens is 6. The summed E-state index contributed by atoms with van der Waals surface area (Å²) in [6.07, 6.45) is 0. The van der Waals surface area contributed by atoms with Gasteiger partial charge in [0.1, 0.15) is 0 Å². The van der Waals surface area contributed by atoms with Crippen LogP contribution in [0.2, 0.25) is 0 Å². The van der Waals surface area contributed by atoms with Crippen molar-refractivity contribution in [2.24, 2.45) is 23.7 Å². The van der Waals surface area contributed by atoms with E-state index in [9.17, 15) is 38.4 Å². The minimum absolute atomic E-state index is 0.0818. The predicted molar refractivity (Wildman–Crippen MR) is 310 cm³/mol. The number of esters is 8. The zero-order valence-electron chi connectivity index (χ0n) is 50.8. The van der Waals surface area contributed by atoms with E-state index >= 15 is 0 Å². The average Bonchev–Trinajstić information content (AvgIpc) is 2.66. The van der Waals surface area contributed by atoms with Crippen LogP contribution in [-0.2, 0) is 87.1 Å².